The molecule has 1 saturated heterocycles. The van der Waals surface area contributed by atoms with Gasteiger partial charge in [-0.2, -0.15) is 0 Å². The molecule has 5 heteroatoms. The van der Waals surface area contributed by atoms with Crippen LogP contribution >= 0.6 is 0 Å². The number of carbonyl (C=O) groups is 1. The third-order valence-electron chi connectivity index (χ3n) is 3.35. The molecule has 1 aliphatic heterocycles. The molecule has 0 saturated carbocycles. The number of carbonyl (C=O) groups excluding carboxylic acids is 1. The number of rotatable bonds is 3. The lowest BCUT2D eigenvalue weighted by atomic mass is 10.2. The van der Waals surface area contributed by atoms with Gasteiger partial charge in [0.05, 0.1) is 0 Å². The molecule has 0 radical (unpaired) electrons. The summed E-state index contributed by atoms with van der Waals surface area (Å²) in [6.45, 7) is 1.57. The summed E-state index contributed by atoms with van der Waals surface area (Å²) in [4.78, 5) is 13.9. The Morgan fingerprint density at radius 1 is 1.26 bits per heavy atom. The van der Waals surface area contributed by atoms with Crippen LogP contribution in [0.5, 0.6) is 11.5 Å². The third-order valence-corrected chi connectivity index (χ3v) is 3.35. The van der Waals surface area contributed by atoms with Crippen molar-refractivity contribution in [1.82, 2.24) is 4.90 Å². The zero-order valence-corrected chi connectivity index (χ0v) is 11.0. The topological polar surface area (TPSA) is 75.8 Å². The number of nitrogens with zero attached hydrogens (tertiary/aromatic N) is 1. The van der Waals surface area contributed by atoms with Crippen molar-refractivity contribution in [3.63, 3.8) is 0 Å². The second-order valence-corrected chi connectivity index (χ2v) is 4.77. The Morgan fingerprint density at radius 2 is 1.95 bits per heavy atom. The number of hydrogen-bond donors (Lipinski definition) is 2. The first-order valence-electron chi connectivity index (χ1n) is 6.66. The summed E-state index contributed by atoms with van der Waals surface area (Å²) in [5.74, 6) is 0.299. The number of nitrogens with two attached hydrogens (primary N) is 1. The molecule has 0 spiro atoms. The molecule has 1 fully saturated rings. The van der Waals surface area contributed by atoms with Crippen LogP contribution in [0.1, 0.15) is 25.7 Å². The van der Waals surface area contributed by atoms with Crippen LogP contribution in [0.2, 0.25) is 0 Å². The van der Waals surface area contributed by atoms with Crippen LogP contribution in [0.3, 0.4) is 0 Å². The molecule has 5 nitrogen and oxygen atoms in total. The highest BCUT2D eigenvalue weighted by molar-refractivity contribution is 5.78. The molecule has 0 bridgehead atoms. The van der Waals surface area contributed by atoms with E-state index in [1.54, 1.807) is 12.1 Å². The summed E-state index contributed by atoms with van der Waals surface area (Å²) in [6, 6.07) is 4.76. The largest absolute Gasteiger partial charge is 0.506 e. The van der Waals surface area contributed by atoms with Crippen molar-refractivity contribution in [2.24, 2.45) is 0 Å². The van der Waals surface area contributed by atoms with Crippen molar-refractivity contribution in [2.45, 2.75) is 25.7 Å². The zero-order valence-electron chi connectivity index (χ0n) is 11.0. The summed E-state index contributed by atoms with van der Waals surface area (Å²) in [7, 11) is 0. The van der Waals surface area contributed by atoms with Crippen LogP contribution in [0.15, 0.2) is 18.2 Å². The van der Waals surface area contributed by atoms with Gasteiger partial charge in [-0.1, -0.05) is 18.9 Å². The van der Waals surface area contributed by atoms with Gasteiger partial charge in [-0.05, 0) is 25.0 Å². The molecule has 1 aromatic rings. The molecule has 0 aliphatic carbocycles. The van der Waals surface area contributed by atoms with E-state index in [1.807, 2.05) is 4.90 Å². The van der Waals surface area contributed by atoms with Gasteiger partial charge in [0.25, 0.3) is 5.91 Å². The van der Waals surface area contributed by atoms with E-state index in [0.717, 1.165) is 25.9 Å². The van der Waals surface area contributed by atoms with Gasteiger partial charge >= 0.3 is 0 Å². The van der Waals surface area contributed by atoms with E-state index < -0.39 is 0 Å². The molecule has 0 aromatic heterocycles. The van der Waals surface area contributed by atoms with Crippen LogP contribution in [-0.2, 0) is 4.79 Å². The predicted molar refractivity (Wildman–Crippen MR) is 73.1 cm³/mol. The van der Waals surface area contributed by atoms with E-state index in [1.165, 1.54) is 18.9 Å². The Balaban J connectivity index is 1.90. The maximum atomic E-state index is 12.0. The number of phenols is 1. The van der Waals surface area contributed by atoms with Gasteiger partial charge in [0.2, 0.25) is 0 Å². The monoisotopic (exact) mass is 264 g/mol. The molecule has 3 N–H and O–H groups in total. The molecular weight excluding hydrogens is 244 g/mol. The van der Waals surface area contributed by atoms with Crippen LogP contribution < -0.4 is 10.5 Å². The van der Waals surface area contributed by atoms with E-state index in [9.17, 15) is 9.90 Å². The zero-order chi connectivity index (χ0) is 13.7. The first kappa shape index (κ1) is 13.5. The van der Waals surface area contributed by atoms with E-state index in [4.69, 9.17) is 10.5 Å². The van der Waals surface area contributed by atoms with Gasteiger partial charge in [0.1, 0.15) is 17.2 Å². The molecule has 0 unspecified atom stereocenters. The Bertz CT molecular complexity index is 440. The van der Waals surface area contributed by atoms with E-state index in [0.29, 0.717) is 5.75 Å². The fraction of sp³-hybridized carbons (Fsp3) is 0.500. The third kappa shape index (κ3) is 3.53. The lowest BCUT2D eigenvalue weighted by molar-refractivity contribution is -0.133. The molecule has 1 aliphatic rings. The summed E-state index contributed by atoms with van der Waals surface area (Å²) in [5, 5.41) is 9.45. The molecule has 2 rings (SSSR count). The maximum Gasteiger partial charge on any atom is 0.260 e. The summed E-state index contributed by atoms with van der Waals surface area (Å²) >= 11 is 0. The molecule has 0 atom stereocenters. The number of nitrogen functional groups attached to an aromatic ring is 1. The minimum absolute atomic E-state index is 0.0235. The highest BCUT2D eigenvalue weighted by Gasteiger charge is 2.16. The Hall–Kier alpha value is -1.91. The van der Waals surface area contributed by atoms with Gasteiger partial charge in [0, 0.05) is 13.1 Å². The van der Waals surface area contributed by atoms with Crippen molar-refractivity contribution in [2.75, 3.05) is 25.4 Å². The highest BCUT2D eigenvalue weighted by atomic mass is 16.5. The van der Waals surface area contributed by atoms with E-state index >= 15 is 0 Å². The number of benzene rings is 1. The van der Waals surface area contributed by atoms with Gasteiger partial charge < -0.3 is 20.5 Å². The van der Waals surface area contributed by atoms with Gasteiger partial charge in [-0.15, -0.1) is 0 Å². The molecule has 1 amide bonds. The standard InChI is InChI=1S/C14H20N2O3/c15-14-11(17)6-5-7-12(14)19-10-13(18)16-8-3-1-2-4-9-16/h5-7,17H,1-4,8-10,15H2. The van der Waals surface area contributed by atoms with Crippen molar-refractivity contribution < 1.29 is 14.6 Å². The van der Waals surface area contributed by atoms with Crippen molar-refractivity contribution in [3.05, 3.63) is 18.2 Å². The second-order valence-electron chi connectivity index (χ2n) is 4.77. The number of para-hydroxylation sites is 1. The number of anilines is 1. The summed E-state index contributed by atoms with van der Waals surface area (Å²) in [6.07, 6.45) is 4.48. The number of ether oxygens (including phenoxy) is 1. The van der Waals surface area contributed by atoms with Crippen LogP contribution in [0.25, 0.3) is 0 Å². The fourth-order valence-electron chi connectivity index (χ4n) is 2.21. The highest BCUT2D eigenvalue weighted by Crippen LogP contribution is 2.29. The summed E-state index contributed by atoms with van der Waals surface area (Å²) in [5.41, 5.74) is 5.84. The van der Waals surface area contributed by atoms with Crippen molar-refractivity contribution >= 4 is 11.6 Å². The number of amides is 1. The first-order valence-corrected chi connectivity index (χ1v) is 6.66. The Kier molecular flexibility index (Phi) is 4.49. The van der Waals surface area contributed by atoms with Gasteiger partial charge in [0.15, 0.2) is 6.61 Å². The van der Waals surface area contributed by atoms with Crippen molar-refractivity contribution in [1.29, 1.82) is 0 Å². The average Bonchev–Trinajstić information content (AvgIpc) is 2.69. The van der Waals surface area contributed by atoms with Gasteiger partial charge in [-0.3, -0.25) is 4.79 Å². The van der Waals surface area contributed by atoms with E-state index in [2.05, 4.69) is 0 Å². The molecule has 1 heterocycles. The van der Waals surface area contributed by atoms with Gasteiger partial charge in [-0.25, -0.2) is 0 Å². The predicted octanol–water partition coefficient (Wildman–Crippen LogP) is 1.76. The SMILES string of the molecule is Nc1c(O)cccc1OCC(=O)N1CCCCCC1. The number of likely N-dealkylation sites (tertiary alicyclic amines) is 1. The Morgan fingerprint density at radius 3 is 2.63 bits per heavy atom. The second kappa shape index (κ2) is 6.31. The minimum Gasteiger partial charge on any atom is -0.506 e. The lowest BCUT2D eigenvalue weighted by Gasteiger charge is -2.20. The molecule has 19 heavy (non-hydrogen) atoms. The molecule has 104 valence electrons. The average molecular weight is 264 g/mol. The number of aromatic hydroxyl groups is 1. The molecule has 1 aromatic carbocycles. The fourth-order valence-corrected chi connectivity index (χ4v) is 2.21. The first-order chi connectivity index (χ1) is 9.18. The number of hydrogen-bond acceptors (Lipinski definition) is 4. The van der Waals surface area contributed by atoms with Crippen LogP contribution in [-0.4, -0.2) is 35.6 Å². The smallest absolute Gasteiger partial charge is 0.260 e. The lowest BCUT2D eigenvalue weighted by Crippen LogP contribution is -2.35. The van der Waals surface area contributed by atoms with Crippen LogP contribution in [0.4, 0.5) is 5.69 Å². The van der Waals surface area contributed by atoms with Crippen molar-refractivity contribution in [3.8, 4) is 11.5 Å². The maximum absolute atomic E-state index is 12.0. The minimum atomic E-state index is -0.0341. The van der Waals surface area contributed by atoms with E-state index in [-0.39, 0.29) is 24.0 Å². The van der Waals surface area contributed by atoms with Crippen LogP contribution in [0, 0.1) is 0 Å². The number of phenolic OH excluding ortho intramolecular Hbond substituents is 1. The quantitative estimate of drug-likeness (QED) is 0.644. The Labute approximate surface area is 113 Å². The normalized spacial score (nSPS) is 15.9. The summed E-state index contributed by atoms with van der Waals surface area (Å²) < 4.78 is 5.40. The molecular formula is C14H20N2O3.